The molecule has 1 unspecified atom stereocenters. The number of fused-ring (bicyclic) bond motifs is 2. The van der Waals surface area contributed by atoms with E-state index in [9.17, 15) is 9.59 Å². The van der Waals surface area contributed by atoms with Crippen LogP contribution in [0.4, 0.5) is 5.82 Å². The lowest BCUT2D eigenvalue weighted by Gasteiger charge is -2.19. The van der Waals surface area contributed by atoms with Gasteiger partial charge in [-0.05, 0) is 30.2 Å². The molecule has 0 spiro atoms. The highest BCUT2D eigenvalue weighted by Gasteiger charge is 2.24. The van der Waals surface area contributed by atoms with Crippen molar-refractivity contribution in [1.82, 2.24) is 29.7 Å². The van der Waals surface area contributed by atoms with E-state index in [1.165, 1.54) is 4.52 Å². The van der Waals surface area contributed by atoms with Gasteiger partial charge in [0.2, 0.25) is 0 Å². The van der Waals surface area contributed by atoms with Crippen LogP contribution >= 0.6 is 11.6 Å². The van der Waals surface area contributed by atoms with Crippen molar-refractivity contribution >= 4 is 46.2 Å². The number of aldehydes is 1. The lowest BCUT2D eigenvalue weighted by molar-refractivity contribution is -0.108. The van der Waals surface area contributed by atoms with Gasteiger partial charge in [0.1, 0.15) is 17.4 Å². The van der Waals surface area contributed by atoms with Crippen LogP contribution in [0.5, 0.6) is 0 Å². The van der Waals surface area contributed by atoms with Gasteiger partial charge >= 0.3 is 0 Å². The van der Waals surface area contributed by atoms with Gasteiger partial charge in [-0.2, -0.15) is 5.10 Å². The highest BCUT2D eigenvalue weighted by molar-refractivity contribution is 6.36. The lowest BCUT2D eigenvalue weighted by Crippen LogP contribution is -2.27. The zero-order valence-corrected chi connectivity index (χ0v) is 18.9. The largest absolute Gasteiger partial charge is 0.381 e. The average molecular weight is 474 g/mol. The summed E-state index contributed by atoms with van der Waals surface area (Å²) in [5.41, 5.74) is 9.75. The van der Waals surface area contributed by atoms with Gasteiger partial charge in [-0.1, -0.05) is 41.9 Å². The Bertz CT molecular complexity index is 1540. The first-order valence-electron chi connectivity index (χ1n) is 10.6. The number of nitrogens with one attached hydrogen (secondary N) is 1. The van der Waals surface area contributed by atoms with Crippen molar-refractivity contribution in [1.29, 1.82) is 0 Å². The Balaban J connectivity index is 1.61. The summed E-state index contributed by atoms with van der Waals surface area (Å²) in [5.74, 6) is -0.312. The van der Waals surface area contributed by atoms with E-state index in [1.54, 1.807) is 29.3 Å². The molecule has 0 aliphatic heterocycles. The molecule has 1 amide bonds. The monoisotopic (exact) mass is 473 g/mol. The molecule has 34 heavy (non-hydrogen) atoms. The minimum atomic E-state index is -0.459. The molecule has 0 aliphatic rings. The fraction of sp³-hybridized carbons (Fsp3) is 0.125. The first-order valence-corrected chi connectivity index (χ1v) is 10.9. The summed E-state index contributed by atoms with van der Waals surface area (Å²) in [6.07, 6.45) is 5.78. The Labute approximate surface area is 199 Å². The number of carbonyl (C=O) groups is 2. The molecule has 2 aromatic carbocycles. The van der Waals surface area contributed by atoms with E-state index in [-0.39, 0.29) is 17.9 Å². The number of aromatic nitrogens is 5. The lowest BCUT2D eigenvalue weighted by atomic mass is 9.93. The molecule has 10 heteroatoms. The van der Waals surface area contributed by atoms with Crippen molar-refractivity contribution in [2.75, 3.05) is 5.73 Å². The number of carbonyl (C=O) groups excluding carboxylic acids is 2. The van der Waals surface area contributed by atoms with E-state index >= 15 is 0 Å². The van der Waals surface area contributed by atoms with E-state index in [0.717, 1.165) is 28.4 Å². The second-order valence-corrected chi connectivity index (χ2v) is 8.22. The van der Waals surface area contributed by atoms with E-state index in [1.807, 2.05) is 43.3 Å². The summed E-state index contributed by atoms with van der Waals surface area (Å²) in [4.78, 5) is 28.5. The number of amides is 1. The number of nitrogens with two attached hydrogens (primary N) is 1. The van der Waals surface area contributed by atoms with Crippen LogP contribution in [-0.2, 0) is 11.3 Å². The minimum absolute atomic E-state index is 0.0905. The van der Waals surface area contributed by atoms with Crippen molar-refractivity contribution in [3.05, 3.63) is 77.2 Å². The molecule has 0 bridgehead atoms. The third-order valence-electron chi connectivity index (χ3n) is 5.61. The second kappa shape index (κ2) is 8.60. The maximum atomic E-state index is 13.2. The summed E-state index contributed by atoms with van der Waals surface area (Å²) < 4.78 is 3.02. The standard InChI is InChI=1S/C24H20ClN7O2/c1-14(28-24(34)20-22(26)30-32-9-5-8-27-23(20)32)16-12-18(25)17-13-31(10-11-33)29-21(17)19(16)15-6-3-2-4-7-15/h2-9,11-14H,10H2,1H3,(H2,26,30)(H,28,34). The Hall–Kier alpha value is -4.24. The molecule has 3 aromatic heterocycles. The van der Waals surface area contributed by atoms with Crippen LogP contribution in [0.2, 0.25) is 5.02 Å². The van der Waals surface area contributed by atoms with Crippen LogP contribution in [0.25, 0.3) is 27.7 Å². The van der Waals surface area contributed by atoms with Crippen LogP contribution in [-0.4, -0.2) is 36.6 Å². The molecule has 5 aromatic rings. The Morgan fingerprint density at radius 2 is 2.03 bits per heavy atom. The molecule has 0 saturated carbocycles. The zero-order valence-electron chi connectivity index (χ0n) is 18.1. The number of benzene rings is 2. The first kappa shape index (κ1) is 21.6. The Morgan fingerprint density at radius 1 is 1.24 bits per heavy atom. The molecule has 0 fully saturated rings. The van der Waals surface area contributed by atoms with Crippen LogP contribution < -0.4 is 11.1 Å². The third-order valence-corrected chi connectivity index (χ3v) is 5.93. The predicted octanol–water partition coefficient (Wildman–Crippen LogP) is 3.67. The molecular formula is C24H20ClN7O2. The number of rotatable bonds is 6. The van der Waals surface area contributed by atoms with Crippen molar-refractivity contribution in [2.24, 2.45) is 0 Å². The Morgan fingerprint density at radius 3 is 2.79 bits per heavy atom. The quantitative estimate of drug-likeness (QED) is 0.363. The van der Waals surface area contributed by atoms with Crippen molar-refractivity contribution in [3.63, 3.8) is 0 Å². The van der Waals surface area contributed by atoms with Crippen molar-refractivity contribution < 1.29 is 9.59 Å². The number of hydrogen-bond acceptors (Lipinski definition) is 6. The van der Waals surface area contributed by atoms with E-state index in [4.69, 9.17) is 17.3 Å². The Kier molecular flexibility index (Phi) is 5.46. The van der Waals surface area contributed by atoms with Crippen LogP contribution in [0.1, 0.15) is 28.9 Å². The molecule has 0 saturated heterocycles. The van der Waals surface area contributed by atoms with Gasteiger partial charge in [0, 0.05) is 29.5 Å². The van der Waals surface area contributed by atoms with E-state index < -0.39 is 11.9 Å². The van der Waals surface area contributed by atoms with Crippen molar-refractivity contribution in [3.8, 4) is 11.1 Å². The van der Waals surface area contributed by atoms with Gasteiger partial charge in [0.05, 0.1) is 17.6 Å². The molecule has 9 nitrogen and oxygen atoms in total. The number of halogens is 1. The van der Waals surface area contributed by atoms with Crippen LogP contribution in [0, 0.1) is 0 Å². The summed E-state index contributed by atoms with van der Waals surface area (Å²) in [5, 5.41) is 13.0. The molecule has 0 aliphatic carbocycles. The van der Waals surface area contributed by atoms with Crippen molar-refractivity contribution in [2.45, 2.75) is 19.5 Å². The van der Waals surface area contributed by atoms with Gasteiger partial charge < -0.3 is 15.8 Å². The average Bonchev–Trinajstić information content (AvgIpc) is 3.40. The summed E-state index contributed by atoms with van der Waals surface area (Å²) in [6, 6.07) is 12.8. The molecule has 1 atom stereocenters. The predicted molar refractivity (Wildman–Crippen MR) is 130 cm³/mol. The molecule has 0 radical (unpaired) electrons. The summed E-state index contributed by atoms with van der Waals surface area (Å²) >= 11 is 6.62. The normalized spacial score (nSPS) is 12.2. The molecule has 3 N–H and O–H groups in total. The maximum Gasteiger partial charge on any atom is 0.259 e. The molecule has 5 rings (SSSR count). The number of anilines is 1. The van der Waals surface area contributed by atoms with Gasteiger partial charge in [-0.15, -0.1) is 5.10 Å². The van der Waals surface area contributed by atoms with Gasteiger partial charge in [0.15, 0.2) is 11.5 Å². The number of nitrogens with zero attached hydrogens (tertiary/aromatic N) is 5. The molecule has 3 heterocycles. The summed E-state index contributed by atoms with van der Waals surface area (Å²) in [7, 11) is 0. The number of hydrogen-bond donors (Lipinski definition) is 2. The zero-order chi connectivity index (χ0) is 23.8. The van der Waals surface area contributed by atoms with E-state index in [2.05, 4.69) is 20.5 Å². The molecular weight excluding hydrogens is 454 g/mol. The minimum Gasteiger partial charge on any atom is -0.381 e. The highest BCUT2D eigenvalue weighted by Crippen LogP contribution is 2.38. The third kappa shape index (κ3) is 3.65. The van der Waals surface area contributed by atoms with Crippen LogP contribution in [0.3, 0.4) is 0 Å². The van der Waals surface area contributed by atoms with Gasteiger partial charge in [0.25, 0.3) is 5.91 Å². The molecule has 170 valence electrons. The fourth-order valence-electron chi connectivity index (χ4n) is 4.09. The van der Waals surface area contributed by atoms with Crippen LogP contribution in [0.15, 0.2) is 61.1 Å². The summed E-state index contributed by atoms with van der Waals surface area (Å²) in [6.45, 7) is 1.97. The maximum absolute atomic E-state index is 13.2. The number of nitrogen functional groups attached to an aromatic ring is 1. The topological polar surface area (TPSA) is 120 Å². The SMILES string of the molecule is CC(NC(=O)c1c(N)nn2cccnc12)c1cc(Cl)c2cn(CC=O)nc2c1-c1ccccc1. The fourth-order valence-corrected chi connectivity index (χ4v) is 4.35. The van der Waals surface area contributed by atoms with E-state index in [0.29, 0.717) is 16.2 Å². The van der Waals surface area contributed by atoms with Gasteiger partial charge in [-0.25, -0.2) is 9.50 Å². The second-order valence-electron chi connectivity index (χ2n) is 7.81. The first-order chi connectivity index (χ1) is 16.5. The highest BCUT2D eigenvalue weighted by atomic mass is 35.5. The smallest absolute Gasteiger partial charge is 0.259 e. The van der Waals surface area contributed by atoms with Gasteiger partial charge in [-0.3, -0.25) is 9.48 Å².